The number of carboxylic acid groups (broad SMARTS) is 1. The van der Waals surface area contributed by atoms with E-state index in [9.17, 15) is 9.59 Å². The molecule has 0 aromatic heterocycles. The van der Waals surface area contributed by atoms with Crippen molar-refractivity contribution in [1.29, 1.82) is 0 Å². The molecule has 2 aliphatic rings. The molecule has 1 aliphatic heterocycles. The molecule has 2 fully saturated rings. The monoisotopic (exact) mass is 282 g/mol. The Bertz CT molecular complexity index is 351. The van der Waals surface area contributed by atoms with Gasteiger partial charge in [-0.15, -0.1) is 0 Å². The number of hydrogen-bond donors (Lipinski definition) is 1. The zero-order valence-electron chi connectivity index (χ0n) is 12.4. The van der Waals surface area contributed by atoms with E-state index < -0.39 is 5.97 Å². The molecule has 1 unspecified atom stereocenters. The van der Waals surface area contributed by atoms with Gasteiger partial charge in [0.25, 0.3) is 0 Å². The first-order valence-corrected chi connectivity index (χ1v) is 7.85. The van der Waals surface area contributed by atoms with Gasteiger partial charge in [0.1, 0.15) is 0 Å². The van der Waals surface area contributed by atoms with Gasteiger partial charge in [-0.2, -0.15) is 0 Å². The topological polar surface area (TPSA) is 60.9 Å². The van der Waals surface area contributed by atoms with Gasteiger partial charge >= 0.3 is 12.0 Å². The highest BCUT2D eigenvalue weighted by Crippen LogP contribution is 2.25. The fourth-order valence-electron chi connectivity index (χ4n) is 3.51. The molecule has 5 nitrogen and oxygen atoms in total. The largest absolute Gasteiger partial charge is 0.481 e. The van der Waals surface area contributed by atoms with Crippen molar-refractivity contribution in [3.63, 3.8) is 0 Å². The number of hydrogen-bond acceptors (Lipinski definition) is 2. The SMILES string of the molecule is CN(C(=O)N1CCCC1CC(=O)O)C1CCCCCC1. The predicted molar refractivity (Wildman–Crippen MR) is 76.6 cm³/mol. The lowest BCUT2D eigenvalue weighted by molar-refractivity contribution is -0.138. The van der Waals surface area contributed by atoms with Crippen LogP contribution in [0.15, 0.2) is 0 Å². The van der Waals surface area contributed by atoms with Crippen molar-refractivity contribution < 1.29 is 14.7 Å². The van der Waals surface area contributed by atoms with Crippen LogP contribution in [0, 0.1) is 0 Å². The Morgan fingerprint density at radius 2 is 1.75 bits per heavy atom. The number of rotatable bonds is 3. The smallest absolute Gasteiger partial charge is 0.320 e. The van der Waals surface area contributed by atoms with Gasteiger partial charge in [-0.25, -0.2) is 4.79 Å². The van der Waals surface area contributed by atoms with Gasteiger partial charge in [-0.05, 0) is 25.7 Å². The molecule has 0 radical (unpaired) electrons. The van der Waals surface area contributed by atoms with Gasteiger partial charge in [0.15, 0.2) is 0 Å². The lowest BCUT2D eigenvalue weighted by Crippen LogP contribution is -2.48. The summed E-state index contributed by atoms with van der Waals surface area (Å²) in [5.41, 5.74) is 0. The van der Waals surface area contributed by atoms with Crippen LogP contribution in [0.4, 0.5) is 4.79 Å². The maximum atomic E-state index is 12.6. The fraction of sp³-hybridized carbons (Fsp3) is 0.867. The van der Waals surface area contributed by atoms with Crippen LogP contribution in [0.3, 0.4) is 0 Å². The first kappa shape index (κ1) is 15.1. The van der Waals surface area contributed by atoms with Crippen LogP contribution in [0.2, 0.25) is 0 Å². The normalized spacial score (nSPS) is 24.4. The van der Waals surface area contributed by atoms with Crippen LogP contribution < -0.4 is 0 Å². The van der Waals surface area contributed by atoms with Crippen molar-refractivity contribution in [2.45, 2.75) is 69.9 Å². The quantitative estimate of drug-likeness (QED) is 0.810. The highest BCUT2D eigenvalue weighted by atomic mass is 16.4. The Morgan fingerprint density at radius 1 is 1.10 bits per heavy atom. The van der Waals surface area contributed by atoms with Crippen molar-refractivity contribution in [2.24, 2.45) is 0 Å². The van der Waals surface area contributed by atoms with Crippen molar-refractivity contribution in [2.75, 3.05) is 13.6 Å². The van der Waals surface area contributed by atoms with Gasteiger partial charge in [-0.1, -0.05) is 25.7 Å². The van der Waals surface area contributed by atoms with E-state index in [1.807, 2.05) is 11.9 Å². The summed E-state index contributed by atoms with van der Waals surface area (Å²) in [5, 5.41) is 8.95. The second kappa shape index (κ2) is 6.95. The number of urea groups is 1. The molecule has 0 aromatic carbocycles. The molecule has 0 spiro atoms. The zero-order valence-corrected chi connectivity index (χ0v) is 12.4. The Kier molecular flexibility index (Phi) is 5.26. The molecule has 1 saturated carbocycles. The molecule has 2 rings (SSSR count). The molecular formula is C15H26N2O3. The Hall–Kier alpha value is -1.26. The third-order valence-corrected chi connectivity index (χ3v) is 4.71. The lowest BCUT2D eigenvalue weighted by atomic mass is 10.1. The molecule has 1 saturated heterocycles. The third kappa shape index (κ3) is 3.64. The number of amides is 2. The van der Waals surface area contributed by atoms with Crippen LogP contribution >= 0.6 is 0 Å². The molecule has 5 heteroatoms. The molecule has 1 aliphatic carbocycles. The van der Waals surface area contributed by atoms with Crippen molar-refractivity contribution >= 4 is 12.0 Å². The molecule has 20 heavy (non-hydrogen) atoms. The van der Waals surface area contributed by atoms with E-state index in [1.54, 1.807) is 4.90 Å². The summed E-state index contributed by atoms with van der Waals surface area (Å²) in [7, 11) is 1.88. The van der Waals surface area contributed by atoms with E-state index in [1.165, 1.54) is 25.7 Å². The van der Waals surface area contributed by atoms with Gasteiger partial charge in [0.05, 0.1) is 6.42 Å². The maximum Gasteiger partial charge on any atom is 0.320 e. The number of likely N-dealkylation sites (tertiary alicyclic amines) is 1. The number of nitrogens with zero attached hydrogens (tertiary/aromatic N) is 2. The second-order valence-corrected chi connectivity index (χ2v) is 6.13. The molecule has 1 heterocycles. The highest BCUT2D eigenvalue weighted by molar-refractivity contribution is 5.76. The van der Waals surface area contributed by atoms with Crippen LogP contribution in [0.25, 0.3) is 0 Å². The van der Waals surface area contributed by atoms with Gasteiger partial charge < -0.3 is 14.9 Å². The van der Waals surface area contributed by atoms with Gasteiger partial charge in [0, 0.05) is 25.7 Å². The number of carboxylic acids is 1. The standard InChI is InChI=1S/C15H26N2O3/c1-16(12-7-4-2-3-5-8-12)15(20)17-10-6-9-13(17)11-14(18)19/h12-13H,2-11H2,1H3,(H,18,19). The molecule has 0 bridgehead atoms. The summed E-state index contributed by atoms with van der Waals surface area (Å²) in [6.07, 6.45) is 8.90. The molecular weight excluding hydrogens is 256 g/mol. The van der Waals surface area contributed by atoms with E-state index in [2.05, 4.69) is 0 Å². The third-order valence-electron chi connectivity index (χ3n) is 4.71. The molecule has 2 amide bonds. The molecule has 0 aromatic rings. The van der Waals surface area contributed by atoms with E-state index in [0.717, 1.165) is 25.7 Å². The van der Waals surface area contributed by atoms with E-state index in [0.29, 0.717) is 12.6 Å². The van der Waals surface area contributed by atoms with Crippen molar-refractivity contribution in [3.05, 3.63) is 0 Å². The van der Waals surface area contributed by atoms with Crippen LogP contribution in [-0.4, -0.2) is 52.6 Å². The molecule has 1 N–H and O–H groups in total. The van der Waals surface area contributed by atoms with Crippen molar-refractivity contribution in [1.82, 2.24) is 9.80 Å². The number of aliphatic carboxylic acids is 1. The minimum absolute atomic E-state index is 0.0284. The van der Waals surface area contributed by atoms with Gasteiger partial charge in [-0.3, -0.25) is 4.79 Å². The maximum absolute atomic E-state index is 12.6. The van der Waals surface area contributed by atoms with E-state index >= 15 is 0 Å². The summed E-state index contributed by atoms with van der Waals surface area (Å²) >= 11 is 0. The first-order valence-electron chi connectivity index (χ1n) is 7.85. The van der Waals surface area contributed by atoms with Crippen LogP contribution in [0.5, 0.6) is 0 Å². The molecule has 114 valence electrons. The second-order valence-electron chi connectivity index (χ2n) is 6.13. The zero-order chi connectivity index (χ0) is 14.5. The number of carbonyl (C=O) groups excluding carboxylic acids is 1. The lowest BCUT2D eigenvalue weighted by Gasteiger charge is -2.33. The summed E-state index contributed by atoms with van der Waals surface area (Å²) in [5.74, 6) is -0.813. The Labute approximate surface area is 120 Å². The van der Waals surface area contributed by atoms with Crippen LogP contribution in [0.1, 0.15) is 57.8 Å². The predicted octanol–water partition coefficient (Wildman–Crippen LogP) is 2.70. The summed E-state index contributed by atoms with van der Waals surface area (Å²) in [6.45, 7) is 0.702. The summed E-state index contributed by atoms with van der Waals surface area (Å²) < 4.78 is 0. The van der Waals surface area contributed by atoms with Crippen LogP contribution in [-0.2, 0) is 4.79 Å². The van der Waals surface area contributed by atoms with Gasteiger partial charge in [0.2, 0.25) is 0 Å². The minimum Gasteiger partial charge on any atom is -0.481 e. The Morgan fingerprint density at radius 3 is 2.35 bits per heavy atom. The van der Waals surface area contributed by atoms with E-state index in [4.69, 9.17) is 5.11 Å². The first-order chi connectivity index (χ1) is 9.59. The summed E-state index contributed by atoms with van der Waals surface area (Å²) in [4.78, 5) is 27.1. The minimum atomic E-state index is -0.813. The average molecular weight is 282 g/mol. The highest BCUT2D eigenvalue weighted by Gasteiger charge is 2.34. The van der Waals surface area contributed by atoms with Crippen molar-refractivity contribution in [3.8, 4) is 0 Å². The number of carbonyl (C=O) groups is 2. The summed E-state index contributed by atoms with van der Waals surface area (Å²) in [6, 6.07) is 0.241. The Balaban J connectivity index is 1.96. The fourth-order valence-corrected chi connectivity index (χ4v) is 3.51. The average Bonchev–Trinajstić information content (AvgIpc) is 2.70. The molecule has 1 atom stereocenters. The van der Waals surface area contributed by atoms with E-state index in [-0.39, 0.29) is 18.5 Å².